The Labute approximate surface area is 221 Å². The molecule has 0 aliphatic carbocycles. The molecule has 6 nitrogen and oxygen atoms in total. The van der Waals surface area contributed by atoms with Crippen molar-refractivity contribution < 1.29 is 9.15 Å². The Bertz CT molecular complexity index is 2280. The van der Waals surface area contributed by atoms with Crippen molar-refractivity contribution in [1.82, 2.24) is 19.9 Å². The maximum Gasteiger partial charge on any atom is 0.219 e. The van der Waals surface area contributed by atoms with Gasteiger partial charge in [0, 0.05) is 38.9 Å². The van der Waals surface area contributed by atoms with Gasteiger partial charge in [0.1, 0.15) is 22.5 Å². The summed E-state index contributed by atoms with van der Waals surface area (Å²) in [6.45, 7) is 0. The lowest BCUT2D eigenvalue weighted by Gasteiger charge is -2.10. The van der Waals surface area contributed by atoms with Crippen molar-refractivity contribution in [3.05, 3.63) is 103 Å². The molecular weight excluding hydrogens is 484 g/mol. The lowest BCUT2D eigenvalue weighted by molar-refractivity contribution is 0.464. The third kappa shape index (κ3) is 2.94. The Morgan fingerprint density at radius 1 is 0.615 bits per heavy atom. The van der Waals surface area contributed by atoms with Crippen LogP contribution in [0.25, 0.3) is 77.8 Å². The Kier molecular flexibility index (Phi) is 3.96. The molecule has 6 heteroatoms. The number of benzene rings is 4. The molecule has 0 radical (unpaired) electrons. The van der Waals surface area contributed by atoms with Crippen molar-refractivity contribution in [3.63, 3.8) is 0 Å². The van der Waals surface area contributed by atoms with E-state index in [9.17, 15) is 0 Å². The van der Waals surface area contributed by atoms with Gasteiger partial charge in [0.05, 0.1) is 16.7 Å². The molecule has 8 bridgehead atoms. The zero-order chi connectivity index (χ0) is 25.5. The summed E-state index contributed by atoms with van der Waals surface area (Å²) < 4.78 is 12.6. The molecule has 0 fully saturated rings. The van der Waals surface area contributed by atoms with Crippen LogP contribution in [0.2, 0.25) is 0 Å². The summed E-state index contributed by atoms with van der Waals surface area (Å²) in [6.07, 6.45) is 0. The second-order valence-corrected chi connectivity index (χ2v) is 9.74. The molecule has 1 N–H and O–H groups in total. The largest absolute Gasteiger partial charge is 0.452 e. The highest BCUT2D eigenvalue weighted by atomic mass is 16.5. The number of aromatic nitrogens is 4. The van der Waals surface area contributed by atoms with Gasteiger partial charge in [-0.15, -0.1) is 0 Å². The van der Waals surface area contributed by atoms with Crippen LogP contribution in [0.4, 0.5) is 0 Å². The molecule has 182 valence electrons. The molecule has 39 heavy (non-hydrogen) atoms. The van der Waals surface area contributed by atoms with Gasteiger partial charge in [-0.25, -0.2) is 15.0 Å². The standard InChI is InChI=1S/C33H18N4O2/c1-2-15-26-23(9-1)31-32(39-26)28-18-7-3-8-19(17-18)38-27-16-6-14-25(34-27)22-12-4-10-20-21-11-5-13-24(33(36-28)37-31)30(21)35-29(20)22/h1-17,35H. The van der Waals surface area contributed by atoms with E-state index >= 15 is 0 Å². The van der Waals surface area contributed by atoms with Crippen molar-refractivity contribution >= 4 is 43.9 Å². The first kappa shape index (κ1) is 20.6. The number of hydrogen-bond acceptors (Lipinski definition) is 5. The van der Waals surface area contributed by atoms with E-state index in [4.69, 9.17) is 24.1 Å². The quantitative estimate of drug-likeness (QED) is 0.225. The predicted molar refractivity (Wildman–Crippen MR) is 153 cm³/mol. The number of fused-ring (bicyclic) bond motifs is 14. The van der Waals surface area contributed by atoms with Crippen LogP contribution >= 0.6 is 0 Å². The molecule has 4 aromatic carbocycles. The average molecular weight is 503 g/mol. The molecule has 0 atom stereocenters. The van der Waals surface area contributed by atoms with E-state index in [-0.39, 0.29) is 0 Å². The van der Waals surface area contributed by atoms with Gasteiger partial charge >= 0.3 is 0 Å². The number of aromatic amines is 1. The number of nitrogens with zero attached hydrogens (tertiary/aromatic N) is 3. The summed E-state index contributed by atoms with van der Waals surface area (Å²) in [6, 6.07) is 34.2. The zero-order valence-corrected chi connectivity index (χ0v) is 20.5. The number of furan rings is 1. The summed E-state index contributed by atoms with van der Waals surface area (Å²) in [4.78, 5) is 18.8. The number of H-pyrrole nitrogens is 1. The molecule has 0 spiro atoms. The lowest BCUT2D eigenvalue weighted by atomic mass is 10.0. The third-order valence-electron chi connectivity index (χ3n) is 7.46. The summed E-state index contributed by atoms with van der Waals surface area (Å²) in [5.41, 5.74) is 8.53. The smallest absolute Gasteiger partial charge is 0.219 e. The fourth-order valence-electron chi connectivity index (χ4n) is 5.70. The normalized spacial score (nSPS) is 12.3. The van der Waals surface area contributed by atoms with Crippen molar-refractivity contribution in [3.8, 4) is 45.5 Å². The minimum absolute atomic E-state index is 0.519. The van der Waals surface area contributed by atoms with E-state index < -0.39 is 0 Å². The molecule has 1 aliphatic heterocycles. The van der Waals surface area contributed by atoms with Gasteiger partial charge in [0.25, 0.3) is 0 Å². The zero-order valence-electron chi connectivity index (χ0n) is 20.5. The van der Waals surface area contributed by atoms with Gasteiger partial charge in [-0.3, -0.25) is 0 Å². The summed E-state index contributed by atoms with van der Waals surface area (Å²) in [5, 5.41) is 3.17. The van der Waals surface area contributed by atoms with Crippen LogP contribution in [0.1, 0.15) is 0 Å². The molecule has 0 saturated heterocycles. The number of rotatable bonds is 0. The van der Waals surface area contributed by atoms with Crippen LogP contribution in [0, 0.1) is 0 Å². The first-order valence-corrected chi connectivity index (χ1v) is 12.8. The molecule has 0 saturated carbocycles. The van der Waals surface area contributed by atoms with Gasteiger partial charge in [0.15, 0.2) is 11.4 Å². The Hall–Kier alpha value is -5.49. The van der Waals surface area contributed by atoms with Crippen molar-refractivity contribution in [2.75, 3.05) is 0 Å². The third-order valence-corrected chi connectivity index (χ3v) is 7.46. The number of hydrogen-bond donors (Lipinski definition) is 1. The lowest BCUT2D eigenvalue weighted by Crippen LogP contribution is -1.95. The molecule has 0 unspecified atom stereocenters. The van der Waals surface area contributed by atoms with Crippen molar-refractivity contribution in [2.24, 2.45) is 0 Å². The highest BCUT2D eigenvalue weighted by Gasteiger charge is 2.21. The van der Waals surface area contributed by atoms with Gasteiger partial charge < -0.3 is 14.1 Å². The number of para-hydroxylation sites is 3. The fourth-order valence-corrected chi connectivity index (χ4v) is 5.70. The molecule has 5 heterocycles. The van der Waals surface area contributed by atoms with Crippen molar-refractivity contribution in [1.29, 1.82) is 0 Å². The summed E-state index contributed by atoms with van der Waals surface area (Å²) >= 11 is 0. The van der Waals surface area contributed by atoms with Crippen LogP contribution < -0.4 is 4.74 Å². The van der Waals surface area contributed by atoms with Gasteiger partial charge in [-0.05, 0) is 36.4 Å². The van der Waals surface area contributed by atoms with Gasteiger partial charge in [0.2, 0.25) is 5.88 Å². The second kappa shape index (κ2) is 7.52. The fraction of sp³-hybridized carbons (Fsp3) is 0. The van der Waals surface area contributed by atoms with Crippen LogP contribution in [-0.2, 0) is 0 Å². The summed E-state index contributed by atoms with van der Waals surface area (Å²) in [7, 11) is 0. The van der Waals surface area contributed by atoms with Crippen molar-refractivity contribution in [2.45, 2.75) is 0 Å². The predicted octanol–water partition coefficient (Wildman–Crippen LogP) is 8.51. The number of ether oxygens (including phenoxy) is 1. The van der Waals surface area contributed by atoms with E-state index in [0.717, 1.165) is 60.7 Å². The highest BCUT2D eigenvalue weighted by Crippen LogP contribution is 2.40. The van der Waals surface area contributed by atoms with Crippen LogP contribution in [0.15, 0.2) is 108 Å². The molecule has 8 aromatic rings. The molecule has 4 aromatic heterocycles. The van der Waals surface area contributed by atoms with Gasteiger partial charge in [-0.2, -0.15) is 0 Å². The topological polar surface area (TPSA) is 76.8 Å². The maximum absolute atomic E-state index is 6.34. The first-order chi connectivity index (χ1) is 19.3. The van der Waals surface area contributed by atoms with E-state index in [0.29, 0.717) is 28.7 Å². The number of pyridine rings is 1. The van der Waals surface area contributed by atoms with E-state index in [2.05, 4.69) is 41.4 Å². The van der Waals surface area contributed by atoms with E-state index in [1.165, 1.54) is 0 Å². The Morgan fingerprint density at radius 2 is 1.38 bits per heavy atom. The summed E-state index contributed by atoms with van der Waals surface area (Å²) in [5.74, 6) is 1.81. The Morgan fingerprint density at radius 3 is 2.31 bits per heavy atom. The maximum atomic E-state index is 6.34. The monoisotopic (exact) mass is 502 g/mol. The minimum Gasteiger partial charge on any atom is -0.452 e. The Balaban J connectivity index is 1.48. The number of nitrogens with one attached hydrogen (secondary N) is 1. The molecule has 0 amide bonds. The molecular formula is C33H18N4O2. The van der Waals surface area contributed by atoms with E-state index in [1.807, 2.05) is 66.7 Å². The highest BCUT2D eigenvalue weighted by molar-refractivity contribution is 6.15. The SMILES string of the molecule is c1cc2cc(c1)-c1nc(nc3c1oc1ccccc13)-c1cccc3c1[nH]c1c(cccc13)-c1cccc(n1)O2. The van der Waals surface area contributed by atoms with Crippen LogP contribution in [0.3, 0.4) is 0 Å². The van der Waals surface area contributed by atoms with E-state index in [1.54, 1.807) is 0 Å². The van der Waals surface area contributed by atoms with Crippen LogP contribution in [-0.4, -0.2) is 19.9 Å². The van der Waals surface area contributed by atoms with Crippen LogP contribution in [0.5, 0.6) is 11.6 Å². The van der Waals surface area contributed by atoms with Gasteiger partial charge in [-0.1, -0.05) is 60.7 Å². The second-order valence-electron chi connectivity index (χ2n) is 9.74. The molecule has 1 aliphatic rings. The molecule has 9 rings (SSSR count). The first-order valence-electron chi connectivity index (χ1n) is 12.8. The average Bonchev–Trinajstić information content (AvgIpc) is 3.55. The minimum atomic E-state index is 0.519.